The maximum absolute atomic E-state index is 10.7. The van der Waals surface area contributed by atoms with Gasteiger partial charge in [0.05, 0.1) is 34.2 Å². The molecule has 2 aromatic carbocycles. The molecule has 6 rings (SSSR count). The zero-order valence-electron chi connectivity index (χ0n) is 25.4. The Morgan fingerprint density at radius 2 is 1.79 bits per heavy atom. The topological polar surface area (TPSA) is 205 Å². The molecule has 47 heavy (non-hydrogen) atoms. The lowest BCUT2D eigenvalue weighted by Gasteiger charge is -2.32. The summed E-state index contributed by atoms with van der Waals surface area (Å²) in [6, 6.07) is 16.4. The fourth-order valence-electron chi connectivity index (χ4n) is 5.00. The number of hydrogen-bond donors (Lipinski definition) is 6. The Hall–Kier alpha value is -4.93. The SMILES string of the molecule is CN1CCN(Cc2ccc3nc(-c4c(O)[nH]c5cc(/C=N/OCc6cscn6)ccc45)ccc3c2)CC1.O=C(O)C(O)C(O)C(=O)O. The van der Waals surface area contributed by atoms with E-state index in [4.69, 9.17) is 30.2 Å². The normalized spacial score (nSPS) is 15.4. The van der Waals surface area contributed by atoms with E-state index < -0.39 is 24.1 Å². The first-order valence-corrected chi connectivity index (χ1v) is 15.5. The summed E-state index contributed by atoms with van der Waals surface area (Å²) in [4.78, 5) is 41.9. The van der Waals surface area contributed by atoms with Crippen molar-refractivity contribution in [1.29, 1.82) is 0 Å². The van der Waals surface area contributed by atoms with Gasteiger partial charge >= 0.3 is 11.9 Å². The Balaban J connectivity index is 0.000000378. The van der Waals surface area contributed by atoms with Crippen LogP contribution < -0.4 is 0 Å². The molecule has 6 N–H and O–H groups in total. The second kappa shape index (κ2) is 15.1. The minimum atomic E-state index is -2.27. The third kappa shape index (κ3) is 8.46. The molecular weight excluding hydrogens is 628 g/mol. The standard InChI is InChI=1S/C28H28N6O2S.C4H6O6/c1-33-8-10-34(11-9-33)15-20-3-6-24-21(12-20)4-7-25(31-24)27-23-5-2-19(13-26(23)32-28(27)35)14-30-36-16-22-17-37-18-29-22;5-1(3(7)8)2(6)4(9)10/h2-7,12-14,17-18,32,35H,8-11,15-16H2,1H3;1-2,5-6H,(H,7,8)(H,9,10)/b30-14+;. The summed E-state index contributed by atoms with van der Waals surface area (Å²) < 4.78 is 0. The predicted octanol–water partition coefficient (Wildman–Crippen LogP) is 2.72. The van der Waals surface area contributed by atoms with E-state index in [2.05, 4.69) is 56.2 Å². The quantitative estimate of drug-likeness (QED) is 0.0944. The average Bonchev–Trinajstić information content (AvgIpc) is 3.70. The van der Waals surface area contributed by atoms with E-state index in [0.29, 0.717) is 12.2 Å². The van der Waals surface area contributed by atoms with Crippen LogP contribution in [0.15, 0.2) is 64.6 Å². The van der Waals surface area contributed by atoms with Crippen LogP contribution in [0.4, 0.5) is 0 Å². The number of aliphatic carboxylic acids is 2. The lowest BCUT2D eigenvalue weighted by molar-refractivity contribution is -0.165. The number of nitrogens with one attached hydrogen (secondary N) is 1. The van der Waals surface area contributed by atoms with Gasteiger partial charge in [0.25, 0.3) is 0 Å². The molecule has 0 radical (unpaired) electrons. The van der Waals surface area contributed by atoms with Gasteiger partial charge in [-0.05, 0) is 42.4 Å². The number of fused-ring (bicyclic) bond motifs is 2. The zero-order chi connectivity index (χ0) is 33.5. The molecule has 2 unspecified atom stereocenters. The highest BCUT2D eigenvalue weighted by Gasteiger charge is 2.29. The Bertz CT molecular complexity index is 1850. The Kier molecular flexibility index (Phi) is 10.7. The van der Waals surface area contributed by atoms with Crippen LogP contribution >= 0.6 is 11.3 Å². The predicted molar refractivity (Wildman–Crippen MR) is 175 cm³/mol. The number of H-pyrrole nitrogens is 1. The molecule has 2 atom stereocenters. The number of nitrogens with zero attached hydrogens (tertiary/aromatic N) is 5. The van der Waals surface area contributed by atoms with E-state index in [1.165, 1.54) is 16.9 Å². The summed E-state index contributed by atoms with van der Waals surface area (Å²) in [6.45, 7) is 5.71. The number of likely N-dealkylation sites (N-methyl/N-ethyl adjacent to an activating group) is 1. The van der Waals surface area contributed by atoms with E-state index in [1.54, 1.807) is 11.7 Å². The fraction of sp³-hybridized carbons (Fsp3) is 0.281. The number of pyridine rings is 1. The number of aromatic amines is 1. The van der Waals surface area contributed by atoms with Gasteiger partial charge in [0.1, 0.15) is 0 Å². The number of carboxylic acids is 2. The molecule has 1 saturated heterocycles. The van der Waals surface area contributed by atoms with E-state index >= 15 is 0 Å². The van der Waals surface area contributed by atoms with Crippen molar-refractivity contribution in [2.45, 2.75) is 25.4 Å². The Morgan fingerprint density at radius 1 is 1.04 bits per heavy atom. The summed E-state index contributed by atoms with van der Waals surface area (Å²) in [5, 5.41) is 51.2. The summed E-state index contributed by atoms with van der Waals surface area (Å²) >= 11 is 1.53. The molecule has 0 amide bonds. The molecule has 5 aromatic rings. The summed E-state index contributed by atoms with van der Waals surface area (Å²) in [6.07, 6.45) is -2.88. The lowest BCUT2D eigenvalue weighted by atomic mass is 10.1. The van der Waals surface area contributed by atoms with Crippen LogP contribution in [0.3, 0.4) is 0 Å². The molecule has 1 fully saturated rings. The third-order valence-corrected chi connectivity index (χ3v) is 8.23. The number of aliphatic hydroxyl groups excluding tert-OH is 2. The number of piperazine rings is 1. The van der Waals surface area contributed by atoms with Gasteiger partial charge in [-0.15, -0.1) is 11.3 Å². The number of thiazole rings is 1. The third-order valence-electron chi connectivity index (χ3n) is 7.59. The largest absolute Gasteiger partial charge is 0.494 e. The van der Waals surface area contributed by atoms with Crippen molar-refractivity contribution >= 4 is 51.3 Å². The number of aliphatic hydroxyl groups is 2. The second-order valence-corrected chi connectivity index (χ2v) is 11.7. The van der Waals surface area contributed by atoms with Crippen LogP contribution in [0.5, 0.6) is 5.88 Å². The first-order valence-electron chi connectivity index (χ1n) is 14.6. The van der Waals surface area contributed by atoms with Gasteiger partial charge in [-0.2, -0.15) is 0 Å². The van der Waals surface area contributed by atoms with Crippen LogP contribution in [0.2, 0.25) is 0 Å². The van der Waals surface area contributed by atoms with Crippen molar-refractivity contribution in [3.8, 4) is 17.1 Å². The smallest absolute Gasteiger partial charge is 0.335 e. The van der Waals surface area contributed by atoms with Crippen molar-refractivity contribution in [3.05, 3.63) is 76.2 Å². The number of oxime groups is 1. The van der Waals surface area contributed by atoms with Gasteiger partial charge < -0.3 is 40.3 Å². The van der Waals surface area contributed by atoms with Gasteiger partial charge in [-0.25, -0.2) is 19.6 Å². The molecular formula is C32H34N6O8S. The van der Waals surface area contributed by atoms with Gasteiger partial charge in [0.15, 0.2) is 24.7 Å². The van der Waals surface area contributed by atoms with Crippen molar-refractivity contribution in [3.63, 3.8) is 0 Å². The fourth-order valence-corrected chi connectivity index (χ4v) is 5.54. The summed E-state index contributed by atoms with van der Waals surface area (Å²) in [5.41, 5.74) is 7.92. The summed E-state index contributed by atoms with van der Waals surface area (Å²) in [5.74, 6) is -3.44. The molecule has 0 spiro atoms. The van der Waals surface area contributed by atoms with Crippen LogP contribution in [-0.4, -0.2) is 114 Å². The van der Waals surface area contributed by atoms with Crippen LogP contribution in [0.1, 0.15) is 16.8 Å². The van der Waals surface area contributed by atoms with Gasteiger partial charge in [-0.1, -0.05) is 29.4 Å². The molecule has 3 aromatic heterocycles. The van der Waals surface area contributed by atoms with Crippen molar-refractivity contribution in [1.82, 2.24) is 24.8 Å². The molecule has 0 aliphatic carbocycles. The highest BCUT2D eigenvalue weighted by molar-refractivity contribution is 7.07. The number of rotatable bonds is 10. The number of aromatic hydroxyl groups is 1. The molecule has 246 valence electrons. The van der Waals surface area contributed by atoms with Crippen molar-refractivity contribution in [2.24, 2.45) is 5.16 Å². The van der Waals surface area contributed by atoms with Gasteiger partial charge in [-0.3, -0.25) is 4.90 Å². The van der Waals surface area contributed by atoms with Crippen molar-refractivity contribution in [2.75, 3.05) is 33.2 Å². The minimum absolute atomic E-state index is 0.0995. The van der Waals surface area contributed by atoms with Crippen LogP contribution in [0, 0.1) is 0 Å². The number of benzene rings is 2. The highest BCUT2D eigenvalue weighted by Crippen LogP contribution is 2.36. The first kappa shape index (κ1) is 33.4. The molecule has 0 bridgehead atoms. The van der Waals surface area contributed by atoms with Gasteiger partial charge in [0, 0.05) is 54.4 Å². The van der Waals surface area contributed by atoms with Gasteiger partial charge in [0.2, 0.25) is 0 Å². The summed E-state index contributed by atoms with van der Waals surface area (Å²) in [7, 11) is 2.18. The molecule has 14 nitrogen and oxygen atoms in total. The Labute approximate surface area is 272 Å². The molecule has 1 aliphatic rings. The number of carboxylic acid groups (broad SMARTS) is 2. The Morgan fingerprint density at radius 3 is 2.47 bits per heavy atom. The minimum Gasteiger partial charge on any atom is -0.494 e. The highest BCUT2D eigenvalue weighted by atomic mass is 32.1. The van der Waals surface area contributed by atoms with E-state index in [0.717, 1.165) is 71.5 Å². The van der Waals surface area contributed by atoms with Crippen LogP contribution in [0.25, 0.3) is 33.1 Å². The number of carbonyl (C=O) groups is 2. The number of hydrogen-bond acceptors (Lipinski definition) is 12. The average molecular weight is 663 g/mol. The van der Waals surface area contributed by atoms with Crippen LogP contribution in [-0.2, 0) is 27.6 Å². The number of aromatic nitrogens is 3. The molecule has 1 aliphatic heterocycles. The first-order chi connectivity index (χ1) is 22.6. The van der Waals surface area contributed by atoms with E-state index in [9.17, 15) is 14.7 Å². The maximum atomic E-state index is 10.7. The molecule has 4 heterocycles. The molecule has 0 saturated carbocycles. The lowest BCUT2D eigenvalue weighted by Crippen LogP contribution is -2.43. The molecule has 15 heteroatoms. The maximum Gasteiger partial charge on any atom is 0.335 e. The van der Waals surface area contributed by atoms with E-state index in [1.807, 2.05) is 29.6 Å². The zero-order valence-corrected chi connectivity index (χ0v) is 26.2. The second-order valence-electron chi connectivity index (χ2n) is 11.0. The monoisotopic (exact) mass is 662 g/mol. The van der Waals surface area contributed by atoms with E-state index in [-0.39, 0.29) is 5.88 Å². The van der Waals surface area contributed by atoms with Crippen molar-refractivity contribution < 1.29 is 40.0 Å².